The van der Waals surface area contributed by atoms with Gasteiger partial charge in [-0.1, -0.05) is 0 Å². The Hall–Kier alpha value is -3.52. The molecular weight excluding hydrogens is 479 g/mol. The van der Waals surface area contributed by atoms with Crippen molar-refractivity contribution in [3.8, 4) is 29.0 Å². The standard InChI is InChI=1S/C24H20F3N5O2S/c1-13-8-20(24(25,26)27)32-21(15-2-3-15)22(13)34-23-19(35(29,33)17-4-5-17)7-6-18(31-23)16-9-14(10-28)11-30-12-16/h6-9,11-12,15,17,29H,2-5H2,1H3. The van der Waals surface area contributed by atoms with E-state index in [4.69, 9.17) is 9.52 Å². The molecule has 0 bridgehead atoms. The van der Waals surface area contributed by atoms with Crippen LogP contribution in [0.3, 0.4) is 0 Å². The lowest BCUT2D eigenvalue weighted by atomic mass is 10.1. The Kier molecular flexibility index (Phi) is 5.51. The minimum Gasteiger partial charge on any atom is -0.436 e. The molecule has 5 rings (SSSR count). The maximum atomic E-state index is 13.4. The van der Waals surface area contributed by atoms with Crippen LogP contribution in [0.4, 0.5) is 13.2 Å². The zero-order valence-corrected chi connectivity index (χ0v) is 19.4. The van der Waals surface area contributed by atoms with Crippen molar-refractivity contribution in [3.63, 3.8) is 0 Å². The molecule has 0 aromatic carbocycles. The highest BCUT2D eigenvalue weighted by Crippen LogP contribution is 2.48. The van der Waals surface area contributed by atoms with Crippen molar-refractivity contribution in [2.75, 3.05) is 0 Å². The lowest BCUT2D eigenvalue weighted by Gasteiger charge is -2.18. The van der Waals surface area contributed by atoms with Gasteiger partial charge in [0, 0.05) is 29.1 Å². The molecule has 0 saturated heterocycles. The second-order valence-electron chi connectivity index (χ2n) is 8.79. The second kappa shape index (κ2) is 8.30. The molecule has 0 aliphatic heterocycles. The largest absolute Gasteiger partial charge is 0.436 e. The van der Waals surface area contributed by atoms with Crippen LogP contribution in [0.2, 0.25) is 0 Å². The third kappa shape index (κ3) is 4.58. The number of rotatable bonds is 6. The maximum absolute atomic E-state index is 13.4. The molecule has 2 aliphatic rings. The minimum atomic E-state index is -4.60. The van der Waals surface area contributed by atoms with E-state index in [1.54, 1.807) is 12.1 Å². The van der Waals surface area contributed by atoms with E-state index in [1.165, 1.54) is 25.4 Å². The van der Waals surface area contributed by atoms with Crippen LogP contribution in [0.15, 0.2) is 41.6 Å². The third-order valence-electron chi connectivity index (χ3n) is 5.95. The lowest BCUT2D eigenvalue weighted by molar-refractivity contribution is -0.141. The quantitative estimate of drug-likeness (QED) is 0.447. The number of nitriles is 1. The molecule has 3 aromatic heterocycles. The summed E-state index contributed by atoms with van der Waals surface area (Å²) in [6.07, 6.45) is 0.973. The van der Waals surface area contributed by atoms with Crippen molar-refractivity contribution < 1.29 is 22.1 Å². The van der Waals surface area contributed by atoms with Crippen molar-refractivity contribution >= 4 is 9.73 Å². The SMILES string of the molecule is Cc1cc(C(F)(F)F)nc(C2CC2)c1Oc1nc(-c2cncc(C#N)c2)ccc1S(=N)(=O)C1CC1. The number of hydrogen-bond acceptors (Lipinski definition) is 7. The Morgan fingerprint density at radius 2 is 1.89 bits per heavy atom. The third-order valence-corrected chi connectivity index (χ3v) is 8.32. The number of nitrogens with zero attached hydrogens (tertiary/aromatic N) is 4. The number of pyridine rings is 3. The number of hydrogen-bond donors (Lipinski definition) is 1. The number of aryl methyl sites for hydroxylation is 1. The maximum Gasteiger partial charge on any atom is 0.433 e. The summed E-state index contributed by atoms with van der Waals surface area (Å²) in [5.74, 6) is -0.137. The fourth-order valence-corrected chi connectivity index (χ4v) is 5.58. The number of nitrogens with one attached hydrogen (secondary N) is 1. The van der Waals surface area contributed by atoms with Crippen LogP contribution < -0.4 is 4.74 Å². The summed E-state index contributed by atoms with van der Waals surface area (Å²) in [5, 5.41) is 8.87. The second-order valence-corrected chi connectivity index (χ2v) is 11.1. The topological polar surface area (TPSA) is 113 Å². The molecule has 0 radical (unpaired) electrons. The summed E-state index contributed by atoms with van der Waals surface area (Å²) in [5.41, 5.74) is 0.609. The molecular formula is C24H20F3N5O2S. The number of halogens is 3. The Morgan fingerprint density at radius 3 is 2.51 bits per heavy atom. The first-order valence-corrected chi connectivity index (χ1v) is 12.6. The number of ether oxygens (including phenoxy) is 1. The summed E-state index contributed by atoms with van der Waals surface area (Å²) in [6, 6.07) is 7.59. The normalized spacial score (nSPS) is 17.5. The van der Waals surface area contributed by atoms with E-state index in [0.717, 1.165) is 6.07 Å². The summed E-state index contributed by atoms with van der Waals surface area (Å²) in [4.78, 5) is 12.5. The van der Waals surface area contributed by atoms with Crippen molar-refractivity contribution in [3.05, 3.63) is 59.2 Å². The van der Waals surface area contributed by atoms with E-state index in [0.29, 0.717) is 42.5 Å². The molecule has 1 atom stereocenters. The molecule has 1 N–H and O–H groups in total. The fourth-order valence-electron chi connectivity index (χ4n) is 3.81. The van der Waals surface area contributed by atoms with E-state index in [-0.39, 0.29) is 39.0 Å². The number of aromatic nitrogens is 3. The highest BCUT2D eigenvalue weighted by molar-refractivity contribution is 7.93. The molecule has 3 heterocycles. The van der Waals surface area contributed by atoms with Gasteiger partial charge in [0.2, 0.25) is 5.88 Å². The van der Waals surface area contributed by atoms with Crippen LogP contribution in [0.1, 0.15) is 54.1 Å². The average molecular weight is 500 g/mol. The molecule has 2 aliphatic carbocycles. The fraction of sp³-hybridized carbons (Fsp3) is 0.333. The molecule has 0 spiro atoms. The van der Waals surface area contributed by atoms with Crippen molar-refractivity contribution in [1.29, 1.82) is 10.0 Å². The van der Waals surface area contributed by atoms with Gasteiger partial charge in [0.1, 0.15) is 16.7 Å². The van der Waals surface area contributed by atoms with Gasteiger partial charge in [0.05, 0.1) is 26.7 Å². The van der Waals surface area contributed by atoms with Gasteiger partial charge in [-0.3, -0.25) is 4.98 Å². The van der Waals surface area contributed by atoms with Crippen LogP contribution in [-0.2, 0) is 15.9 Å². The minimum absolute atomic E-state index is 0.0918. The summed E-state index contributed by atoms with van der Waals surface area (Å²) >= 11 is 0. The van der Waals surface area contributed by atoms with Gasteiger partial charge < -0.3 is 4.74 Å². The zero-order chi connectivity index (χ0) is 25.0. The Balaban J connectivity index is 1.65. The van der Waals surface area contributed by atoms with Gasteiger partial charge >= 0.3 is 6.18 Å². The van der Waals surface area contributed by atoms with E-state index >= 15 is 0 Å². The van der Waals surface area contributed by atoms with Gasteiger partial charge in [-0.05, 0) is 62.4 Å². The van der Waals surface area contributed by atoms with Gasteiger partial charge in [0.25, 0.3) is 0 Å². The average Bonchev–Trinajstić information content (AvgIpc) is 3.71. The first-order chi connectivity index (χ1) is 16.6. The molecule has 180 valence electrons. The van der Waals surface area contributed by atoms with Crippen molar-refractivity contribution in [2.24, 2.45) is 0 Å². The van der Waals surface area contributed by atoms with E-state index < -0.39 is 21.6 Å². The van der Waals surface area contributed by atoms with Crippen LogP contribution in [-0.4, -0.2) is 24.4 Å². The van der Waals surface area contributed by atoms with E-state index in [2.05, 4.69) is 15.0 Å². The molecule has 1 unspecified atom stereocenters. The predicted octanol–water partition coefficient (Wildman–Crippen LogP) is 5.98. The molecule has 7 nitrogen and oxygen atoms in total. The summed E-state index contributed by atoms with van der Waals surface area (Å²) < 4.78 is 68.2. The smallest absolute Gasteiger partial charge is 0.433 e. The van der Waals surface area contributed by atoms with Gasteiger partial charge in [-0.15, -0.1) is 0 Å². The van der Waals surface area contributed by atoms with Crippen molar-refractivity contribution in [2.45, 2.75) is 54.8 Å². The molecule has 2 saturated carbocycles. The first kappa shape index (κ1) is 23.2. The van der Waals surface area contributed by atoms with Crippen LogP contribution in [0.25, 0.3) is 11.3 Å². The Bertz CT molecular complexity index is 1470. The highest BCUT2D eigenvalue weighted by Gasteiger charge is 2.39. The molecule has 11 heteroatoms. The number of alkyl halides is 3. The van der Waals surface area contributed by atoms with Gasteiger partial charge in [-0.25, -0.2) is 19.0 Å². The first-order valence-electron chi connectivity index (χ1n) is 11.0. The predicted molar refractivity (Wildman–Crippen MR) is 120 cm³/mol. The highest BCUT2D eigenvalue weighted by atomic mass is 32.2. The van der Waals surface area contributed by atoms with Crippen LogP contribution in [0.5, 0.6) is 11.6 Å². The summed E-state index contributed by atoms with van der Waals surface area (Å²) in [7, 11) is -3.25. The Morgan fingerprint density at radius 1 is 1.14 bits per heavy atom. The van der Waals surface area contributed by atoms with Gasteiger partial charge in [0.15, 0.2) is 5.75 Å². The van der Waals surface area contributed by atoms with E-state index in [1.807, 2.05) is 6.07 Å². The van der Waals surface area contributed by atoms with Crippen LogP contribution in [0, 0.1) is 23.0 Å². The van der Waals surface area contributed by atoms with Crippen LogP contribution >= 0.6 is 0 Å². The molecule has 3 aromatic rings. The van der Waals surface area contributed by atoms with E-state index in [9.17, 15) is 22.6 Å². The molecule has 35 heavy (non-hydrogen) atoms. The lowest BCUT2D eigenvalue weighted by Crippen LogP contribution is -2.12. The van der Waals surface area contributed by atoms with Gasteiger partial charge in [-0.2, -0.15) is 18.4 Å². The zero-order valence-electron chi connectivity index (χ0n) is 18.6. The monoisotopic (exact) mass is 499 g/mol. The van der Waals surface area contributed by atoms with Crippen molar-refractivity contribution in [1.82, 2.24) is 15.0 Å². The molecule has 0 amide bonds. The summed E-state index contributed by atoms with van der Waals surface area (Å²) in [6.45, 7) is 1.50. The molecule has 2 fully saturated rings. The Labute approximate surface area is 200 Å².